The van der Waals surface area contributed by atoms with Gasteiger partial charge in [0.2, 0.25) is 0 Å². The molecule has 0 spiro atoms. The predicted molar refractivity (Wildman–Crippen MR) is 53.8 cm³/mol. The van der Waals surface area contributed by atoms with Crippen molar-refractivity contribution in [2.45, 2.75) is 33.6 Å². The highest BCUT2D eigenvalue weighted by Gasteiger charge is 1.97. The molecule has 0 bridgehead atoms. The average molecular weight is 185 g/mol. The van der Waals surface area contributed by atoms with Crippen molar-refractivity contribution in [1.29, 1.82) is 0 Å². The molecule has 76 valence electrons. The van der Waals surface area contributed by atoms with Gasteiger partial charge in [-0.15, -0.1) is 0 Å². The van der Waals surface area contributed by atoms with Gasteiger partial charge in [-0.2, -0.15) is 0 Å². The molecule has 3 heteroatoms. The van der Waals surface area contributed by atoms with Crippen LogP contribution >= 0.6 is 0 Å². The number of hydrogen-bond donors (Lipinski definition) is 2. The van der Waals surface area contributed by atoms with E-state index in [0.29, 0.717) is 0 Å². The minimum Gasteiger partial charge on any atom is -0.480 e. The van der Waals surface area contributed by atoms with Crippen molar-refractivity contribution < 1.29 is 9.90 Å². The molecule has 13 heavy (non-hydrogen) atoms. The first-order valence-corrected chi connectivity index (χ1v) is 4.65. The lowest BCUT2D eigenvalue weighted by Crippen LogP contribution is -2.23. The summed E-state index contributed by atoms with van der Waals surface area (Å²) in [4.78, 5) is 10.2. The number of allylic oxidation sites excluding steroid dienone is 1. The van der Waals surface area contributed by atoms with Crippen LogP contribution in [0.1, 0.15) is 33.6 Å². The van der Waals surface area contributed by atoms with Gasteiger partial charge in [-0.1, -0.05) is 18.1 Å². The van der Waals surface area contributed by atoms with Crippen molar-refractivity contribution in [3.8, 4) is 0 Å². The molecule has 0 aromatic heterocycles. The summed E-state index contributed by atoms with van der Waals surface area (Å²) in [5, 5.41) is 11.2. The molecule has 0 aliphatic heterocycles. The molecule has 2 N–H and O–H groups in total. The van der Waals surface area contributed by atoms with Gasteiger partial charge in [0.1, 0.15) is 0 Å². The minimum atomic E-state index is -0.797. The molecule has 0 aliphatic carbocycles. The zero-order valence-electron chi connectivity index (χ0n) is 8.68. The summed E-state index contributed by atoms with van der Waals surface area (Å²) in [7, 11) is 0. The van der Waals surface area contributed by atoms with E-state index in [4.69, 9.17) is 5.11 Å². The first-order valence-electron chi connectivity index (χ1n) is 4.65. The van der Waals surface area contributed by atoms with Gasteiger partial charge >= 0.3 is 5.97 Å². The number of carboxylic acid groups (broad SMARTS) is 1. The molecular formula is C10H19NO2. The van der Waals surface area contributed by atoms with Crippen LogP contribution in [0, 0.1) is 0 Å². The van der Waals surface area contributed by atoms with Gasteiger partial charge in [-0.3, -0.25) is 4.79 Å². The molecule has 0 aromatic rings. The van der Waals surface area contributed by atoms with E-state index in [9.17, 15) is 4.79 Å². The monoisotopic (exact) mass is 185 g/mol. The van der Waals surface area contributed by atoms with Crippen LogP contribution in [-0.2, 0) is 4.79 Å². The Balaban J connectivity index is 3.59. The van der Waals surface area contributed by atoms with Gasteiger partial charge < -0.3 is 10.4 Å². The van der Waals surface area contributed by atoms with Gasteiger partial charge in [0.15, 0.2) is 0 Å². The van der Waals surface area contributed by atoms with Crippen LogP contribution in [0.5, 0.6) is 0 Å². The molecule has 0 aromatic carbocycles. The number of carboxylic acids is 1. The van der Waals surface area contributed by atoms with Crippen molar-refractivity contribution in [3.05, 3.63) is 11.1 Å². The second-order valence-electron chi connectivity index (χ2n) is 3.23. The predicted octanol–water partition coefficient (Wildman–Crippen LogP) is 1.80. The maximum atomic E-state index is 10.2. The van der Waals surface area contributed by atoms with Crippen molar-refractivity contribution in [1.82, 2.24) is 5.32 Å². The van der Waals surface area contributed by atoms with Gasteiger partial charge in [0, 0.05) is 0 Å². The first-order chi connectivity index (χ1) is 6.07. The molecule has 0 saturated heterocycles. The highest BCUT2D eigenvalue weighted by molar-refractivity contribution is 5.68. The van der Waals surface area contributed by atoms with E-state index in [1.54, 1.807) is 0 Å². The fourth-order valence-electron chi connectivity index (χ4n) is 0.986. The van der Waals surface area contributed by atoms with Crippen molar-refractivity contribution in [3.63, 3.8) is 0 Å². The van der Waals surface area contributed by atoms with Crippen molar-refractivity contribution in [2.75, 3.05) is 13.1 Å². The normalized spacial score (nSPS) is 12.5. The van der Waals surface area contributed by atoms with Crippen LogP contribution in [0.3, 0.4) is 0 Å². The van der Waals surface area contributed by atoms with Crippen LogP contribution in [0.15, 0.2) is 11.1 Å². The second-order valence-corrected chi connectivity index (χ2v) is 3.23. The maximum absolute atomic E-state index is 10.2. The molecule has 0 atom stereocenters. The smallest absolute Gasteiger partial charge is 0.317 e. The molecule has 3 nitrogen and oxygen atoms in total. The Kier molecular flexibility index (Phi) is 6.24. The van der Waals surface area contributed by atoms with Gasteiger partial charge in [-0.25, -0.2) is 0 Å². The molecule has 0 fully saturated rings. The van der Waals surface area contributed by atoms with E-state index < -0.39 is 5.97 Å². The standard InChI is InChI=1S/C10H19NO2/c1-4-8(2)9(3)5-6-11-7-10(12)13/h11H,4-7H2,1-3H3,(H,12,13). The number of carbonyl (C=O) groups is 1. The Morgan fingerprint density at radius 1 is 1.31 bits per heavy atom. The Hall–Kier alpha value is -0.830. The summed E-state index contributed by atoms with van der Waals surface area (Å²) < 4.78 is 0. The van der Waals surface area contributed by atoms with Gasteiger partial charge in [-0.05, 0) is 33.2 Å². The fourth-order valence-corrected chi connectivity index (χ4v) is 0.986. The Labute approximate surface area is 79.8 Å². The van der Waals surface area contributed by atoms with Crippen LogP contribution in [0.2, 0.25) is 0 Å². The summed E-state index contributed by atoms with van der Waals surface area (Å²) in [6.07, 6.45) is 2.01. The second kappa shape index (κ2) is 6.66. The van der Waals surface area contributed by atoms with Crippen LogP contribution < -0.4 is 5.32 Å². The van der Waals surface area contributed by atoms with Gasteiger partial charge in [0.05, 0.1) is 6.54 Å². The minimum absolute atomic E-state index is 0.0540. The SMILES string of the molecule is CCC(C)=C(C)CCNCC(=O)O. The van der Waals surface area contributed by atoms with E-state index in [0.717, 1.165) is 19.4 Å². The Morgan fingerprint density at radius 2 is 1.92 bits per heavy atom. The fraction of sp³-hybridized carbons (Fsp3) is 0.700. The first kappa shape index (κ1) is 12.2. The number of hydrogen-bond acceptors (Lipinski definition) is 2. The molecule has 0 saturated carbocycles. The number of nitrogens with one attached hydrogen (secondary N) is 1. The topological polar surface area (TPSA) is 49.3 Å². The van der Waals surface area contributed by atoms with Crippen molar-refractivity contribution >= 4 is 5.97 Å². The van der Waals surface area contributed by atoms with Crippen LogP contribution in [-0.4, -0.2) is 24.2 Å². The highest BCUT2D eigenvalue weighted by Crippen LogP contribution is 2.09. The van der Waals surface area contributed by atoms with Crippen LogP contribution in [0.25, 0.3) is 0 Å². The quantitative estimate of drug-likeness (QED) is 0.490. The van der Waals surface area contributed by atoms with Gasteiger partial charge in [0.25, 0.3) is 0 Å². The summed E-state index contributed by atoms with van der Waals surface area (Å²) in [6.45, 7) is 7.14. The van der Waals surface area contributed by atoms with E-state index in [-0.39, 0.29) is 6.54 Å². The van der Waals surface area contributed by atoms with Crippen molar-refractivity contribution in [2.24, 2.45) is 0 Å². The summed E-state index contributed by atoms with van der Waals surface area (Å²) in [5.41, 5.74) is 2.76. The summed E-state index contributed by atoms with van der Waals surface area (Å²) >= 11 is 0. The lowest BCUT2D eigenvalue weighted by Gasteiger charge is -2.05. The number of rotatable bonds is 6. The van der Waals surface area contributed by atoms with E-state index in [2.05, 4.69) is 26.1 Å². The third-order valence-electron chi connectivity index (χ3n) is 2.21. The van der Waals surface area contributed by atoms with E-state index in [1.807, 2.05) is 0 Å². The summed E-state index contributed by atoms with van der Waals surface area (Å²) in [6, 6.07) is 0. The zero-order chi connectivity index (χ0) is 10.3. The molecular weight excluding hydrogens is 166 g/mol. The van der Waals surface area contributed by atoms with Crippen LogP contribution in [0.4, 0.5) is 0 Å². The van der Waals surface area contributed by atoms with E-state index >= 15 is 0 Å². The average Bonchev–Trinajstić information content (AvgIpc) is 2.10. The molecule has 0 amide bonds. The highest BCUT2D eigenvalue weighted by atomic mass is 16.4. The van der Waals surface area contributed by atoms with E-state index in [1.165, 1.54) is 11.1 Å². The zero-order valence-corrected chi connectivity index (χ0v) is 8.68. The third kappa shape index (κ3) is 6.34. The maximum Gasteiger partial charge on any atom is 0.317 e. The summed E-state index contributed by atoms with van der Waals surface area (Å²) in [5.74, 6) is -0.797. The largest absolute Gasteiger partial charge is 0.480 e. The lowest BCUT2D eigenvalue weighted by molar-refractivity contribution is -0.135. The molecule has 0 aliphatic rings. The third-order valence-corrected chi connectivity index (χ3v) is 2.21. The molecule has 0 heterocycles. The lowest BCUT2D eigenvalue weighted by atomic mass is 10.1. The molecule has 0 radical (unpaired) electrons. The Morgan fingerprint density at radius 3 is 2.38 bits per heavy atom. The Bertz CT molecular complexity index is 197. The molecule has 0 rings (SSSR count). The number of aliphatic carboxylic acids is 1. The molecule has 0 unspecified atom stereocenters.